The van der Waals surface area contributed by atoms with Crippen molar-refractivity contribution in [2.45, 2.75) is 6.92 Å². The number of hydrogen-bond acceptors (Lipinski definition) is 4. The van der Waals surface area contributed by atoms with Gasteiger partial charge in [0.15, 0.2) is 0 Å². The monoisotopic (exact) mass is 260 g/mol. The number of rotatable bonds is 2. The van der Waals surface area contributed by atoms with E-state index in [-0.39, 0.29) is 5.69 Å². The van der Waals surface area contributed by atoms with Crippen molar-refractivity contribution in [2.75, 3.05) is 10.6 Å². The highest BCUT2D eigenvalue weighted by atomic mass is 16.2. The molecule has 1 aromatic carbocycles. The van der Waals surface area contributed by atoms with E-state index in [0.29, 0.717) is 11.4 Å². The molecule has 0 spiro atoms. The summed E-state index contributed by atoms with van der Waals surface area (Å²) in [4.78, 5) is 35.8. The molecule has 0 saturated heterocycles. The van der Waals surface area contributed by atoms with E-state index in [4.69, 9.17) is 5.73 Å². The van der Waals surface area contributed by atoms with Crippen LogP contribution in [-0.2, 0) is 4.79 Å². The first-order valence-corrected chi connectivity index (χ1v) is 5.47. The normalized spacial score (nSPS) is 10.2. The Balaban J connectivity index is 2.44. The van der Waals surface area contributed by atoms with Gasteiger partial charge in [0.1, 0.15) is 5.69 Å². The average Bonchev–Trinajstić information content (AvgIpc) is 2.75. The predicted molar refractivity (Wildman–Crippen MR) is 69.8 cm³/mol. The van der Waals surface area contributed by atoms with Crippen LogP contribution in [0, 0.1) is 0 Å². The maximum Gasteiger partial charge on any atom is 0.283 e. The Morgan fingerprint density at radius 1 is 1.21 bits per heavy atom. The maximum absolute atomic E-state index is 12.2. The second kappa shape index (κ2) is 4.81. The molecular formula is C12H12N4O3. The molecule has 0 aliphatic rings. The van der Waals surface area contributed by atoms with Gasteiger partial charge in [0.05, 0.1) is 5.69 Å². The quantitative estimate of drug-likeness (QED) is 0.681. The summed E-state index contributed by atoms with van der Waals surface area (Å²) in [6.45, 7) is 1.26. The van der Waals surface area contributed by atoms with Crippen LogP contribution in [0.3, 0.4) is 0 Å². The standard InChI is InChI=1S/C12H12N4O3/c1-7(17)16(9-4-2-3-8(13)5-9)12(19)10-6-11(18)15-14-10/h2-6H,13H2,1H3,(H2,14,15,18). The predicted octanol–water partition coefficient (Wildman–Crippen LogP) is 0.478. The minimum absolute atomic E-state index is 0.00243. The summed E-state index contributed by atoms with van der Waals surface area (Å²) in [6.07, 6.45) is 0. The van der Waals surface area contributed by atoms with Crippen molar-refractivity contribution in [3.8, 4) is 0 Å². The van der Waals surface area contributed by atoms with Crippen molar-refractivity contribution in [1.29, 1.82) is 0 Å². The number of imide groups is 1. The molecule has 19 heavy (non-hydrogen) atoms. The van der Waals surface area contributed by atoms with Crippen LogP contribution in [0.4, 0.5) is 11.4 Å². The molecule has 0 unspecified atom stereocenters. The number of amides is 2. The van der Waals surface area contributed by atoms with Crippen molar-refractivity contribution < 1.29 is 9.59 Å². The number of nitrogens with one attached hydrogen (secondary N) is 2. The lowest BCUT2D eigenvalue weighted by Crippen LogP contribution is -2.35. The van der Waals surface area contributed by atoms with Crippen LogP contribution in [0.2, 0.25) is 0 Å². The van der Waals surface area contributed by atoms with Crippen LogP contribution in [-0.4, -0.2) is 22.0 Å². The zero-order valence-electron chi connectivity index (χ0n) is 10.1. The Morgan fingerprint density at radius 2 is 1.95 bits per heavy atom. The molecular weight excluding hydrogens is 248 g/mol. The highest BCUT2D eigenvalue weighted by molar-refractivity contribution is 6.19. The van der Waals surface area contributed by atoms with Crippen LogP contribution < -0.4 is 16.2 Å². The number of carbonyl (C=O) groups excluding carboxylic acids is 2. The van der Waals surface area contributed by atoms with E-state index >= 15 is 0 Å². The second-order valence-corrected chi connectivity index (χ2v) is 3.93. The fourth-order valence-corrected chi connectivity index (χ4v) is 1.67. The molecule has 98 valence electrons. The number of H-pyrrole nitrogens is 2. The molecule has 0 saturated carbocycles. The highest BCUT2D eigenvalue weighted by Crippen LogP contribution is 2.19. The van der Waals surface area contributed by atoms with Gasteiger partial charge in [-0.25, -0.2) is 4.90 Å². The molecule has 7 heteroatoms. The van der Waals surface area contributed by atoms with Gasteiger partial charge in [0.25, 0.3) is 11.5 Å². The van der Waals surface area contributed by atoms with E-state index in [1.54, 1.807) is 18.2 Å². The Morgan fingerprint density at radius 3 is 2.47 bits per heavy atom. The molecule has 0 aliphatic heterocycles. The average molecular weight is 260 g/mol. The number of aromatic nitrogens is 2. The van der Waals surface area contributed by atoms with E-state index in [1.807, 2.05) is 0 Å². The third-order valence-electron chi connectivity index (χ3n) is 2.47. The van der Waals surface area contributed by atoms with Crippen molar-refractivity contribution in [1.82, 2.24) is 10.2 Å². The number of nitrogens with two attached hydrogens (primary N) is 1. The molecule has 0 radical (unpaired) electrons. The maximum atomic E-state index is 12.2. The molecule has 1 aromatic heterocycles. The van der Waals surface area contributed by atoms with Gasteiger partial charge in [-0.05, 0) is 18.2 Å². The second-order valence-electron chi connectivity index (χ2n) is 3.93. The first-order chi connectivity index (χ1) is 8.99. The molecule has 2 rings (SSSR count). The van der Waals surface area contributed by atoms with Crippen LogP contribution in [0.25, 0.3) is 0 Å². The first kappa shape index (κ1) is 12.6. The van der Waals surface area contributed by atoms with E-state index in [0.717, 1.165) is 11.0 Å². The summed E-state index contributed by atoms with van der Waals surface area (Å²) in [5.74, 6) is -1.10. The molecule has 2 amide bonds. The van der Waals surface area contributed by atoms with Crippen LogP contribution in [0.1, 0.15) is 17.4 Å². The Kier molecular flexibility index (Phi) is 3.19. The van der Waals surface area contributed by atoms with Crippen molar-refractivity contribution in [2.24, 2.45) is 0 Å². The summed E-state index contributed by atoms with van der Waals surface area (Å²) < 4.78 is 0. The van der Waals surface area contributed by atoms with Gasteiger partial charge in [0.2, 0.25) is 5.91 Å². The van der Waals surface area contributed by atoms with Gasteiger partial charge >= 0.3 is 0 Å². The van der Waals surface area contributed by atoms with E-state index in [2.05, 4.69) is 10.2 Å². The molecule has 0 bridgehead atoms. The highest BCUT2D eigenvalue weighted by Gasteiger charge is 2.23. The molecule has 0 aliphatic carbocycles. The number of nitrogen functional groups attached to an aromatic ring is 1. The van der Waals surface area contributed by atoms with Gasteiger partial charge in [-0.2, -0.15) is 0 Å². The molecule has 1 heterocycles. The Labute approximate surface area is 108 Å². The molecule has 0 atom stereocenters. The zero-order valence-corrected chi connectivity index (χ0v) is 10.1. The van der Waals surface area contributed by atoms with Crippen LogP contribution >= 0.6 is 0 Å². The molecule has 0 fully saturated rings. The van der Waals surface area contributed by atoms with Crippen molar-refractivity contribution in [3.63, 3.8) is 0 Å². The molecule has 2 aromatic rings. The molecule has 7 nitrogen and oxygen atoms in total. The number of anilines is 2. The third kappa shape index (κ3) is 2.54. The first-order valence-electron chi connectivity index (χ1n) is 5.47. The number of benzene rings is 1. The fourth-order valence-electron chi connectivity index (χ4n) is 1.67. The summed E-state index contributed by atoms with van der Waals surface area (Å²) in [6, 6.07) is 7.45. The number of carbonyl (C=O) groups is 2. The third-order valence-corrected chi connectivity index (χ3v) is 2.47. The lowest BCUT2D eigenvalue weighted by atomic mass is 10.2. The minimum Gasteiger partial charge on any atom is -0.399 e. The number of nitrogens with zero attached hydrogens (tertiary/aromatic N) is 1. The smallest absolute Gasteiger partial charge is 0.283 e. The summed E-state index contributed by atoms with van der Waals surface area (Å²) in [5.41, 5.74) is 5.96. The Bertz CT molecular complexity index is 686. The largest absolute Gasteiger partial charge is 0.399 e. The van der Waals surface area contributed by atoms with Gasteiger partial charge in [-0.15, -0.1) is 0 Å². The van der Waals surface area contributed by atoms with Gasteiger partial charge in [-0.1, -0.05) is 6.07 Å². The number of hydrogen-bond donors (Lipinski definition) is 3. The Hall–Kier alpha value is -2.83. The zero-order chi connectivity index (χ0) is 14.0. The van der Waals surface area contributed by atoms with Gasteiger partial charge in [-0.3, -0.25) is 24.6 Å². The van der Waals surface area contributed by atoms with Crippen LogP contribution in [0.15, 0.2) is 35.1 Å². The lowest BCUT2D eigenvalue weighted by Gasteiger charge is -2.18. The van der Waals surface area contributed by atoms with E-state index in [9.17, 15) is 14.4 Å². The minimum atomic E-state index is -0.628. The topological polar surface area (TPSA) is 112 Å². The summed E-state index contributed by atoms with van der Waals surface area (Å²) in [7, 11) is 0. The van der Waals surface area contributed by atoms with E-state index in [1.165, 1.54) is 13.0 Å². The van der Waals surface area contributed by atoms with Crippen molar-refractivity contribution >= 4 is 23.2 Å². The van der Waals surface area contributed by atoms with Gasteiger partial charge < -0.3 is 5.73 Å². The fraction of sp³-hybridized carbons (Fsp3) is 0.0833. The van der Waals surface area contributed by atoms with Gasteiger partial charge in [0, 0.05) is 18.7 Å². The molecule has 4 N–H and O–H groups in total. The SMILES string of the molecule is CC(=O)N(C(=O)c1cc(=O)[nH][nH]1)c1cccc(N)c1. The summed E-state index contributed by atoms with van der Waals surface area (Å²) >= 11 is 0. The number of aromatic amines is 2. The summed E-state index contributed by atoms with van der Waals surface area (Å²) in [5, 5.41) is 4.65. The van der Waals surface area contributed by atoms with Crippen LogP contribution in [0.5, 0.6) is 0 Å². The van der Waals surface area contributed by atoms with E-state index < -0.39 is 17.4 Å². The van der Waals surface area contributed by atoms with Crippen molar-refractivity contribution in [3.05, 3.63) is 46.4 Å². The lowest BCUT2D eigenvalue weighted by molar-refractivity contribution is -0.115.